The summed E-state index contributed by atoms with van der Waals surface area (Å²) in [6.45, 7) is 0.0607. The number of carbonyl (C=O) groups is 3. The Hall–Kier alpha value is -3.52. The summed E-state index contributed by atoms with van der Waals surface area (Å²) < 4.78 is 0. The van der Waals surface area contributed by atoms with Crippen LogP contribution in [0.5, 0.6) is 0 Å². The highest BCUT2D eigenvalue weighted by molar-refractivity contribution is 7.13. The number of nitrogens with zero attached hydrogens (tertiary/aromatic N) is 2. The molecule has 1 aromatic heterocycles. The number of nitrogens with one attached hydrogen (secondary N) is 2. The molecule has 0 aliphatic heterocycles. The molecule has 2 N–H and O–H groups in total. The number of amides is 3. The minimum absolute atomic E-state index is 0.0534. The van der Waals surface area contributed by atoms with E-state index >= 15 is 0 Å². The predicted octanol–water partition coefficient (Wildman–Crippen LogP) is 5.10. The third-order valence-electron chi connectivity index (χ3n) is 7.25. The molecule has 2 saturated carbocycles. The molecular weight excluding hydrogens is 496 g/mol. The van der Waals surface area contributed by atoms with Crippen molar-refractivity contribution in [1.29, 1.82) is 0 Å². The van der Waals surface area contributed by atoms with Gasteiger partial charge >= 0.3 is 0 Å². The molecule has 2 aliphatic carbocycles. The van der Waals surface area contributed by atoms with Crippen molar-refractivity contribution >= 4 is 34.2 Å². The SMILES string of the molecule is O=C(CN(C(=O)C1CCCCC1)C1CC1)Nc1nc(CC(=O)NC(c2ccccc2)c2ccccc2)cs1. The molecule has 2 fully saturated rings. The standard InChI is InChI=1S/C30H34N4O3S/c35-26(32-28(21-10-4-1-5-11-21)22-12-6-2-7-13-22)18-24-20-38-30(31-24)33-27(36)19-34(25-16-17-25)29(37)23-14-8-3-9-15-23/h1-2,4-7,10-13,20,23,25,28H,3,8-9,14-19H2,(H,32,35)(H,31,33,36). The number of benzene rings is 2. The molecule has 8 heteroatoms. The van der Waals surface area contributed by atoms with Gasteiger partial charge in [0.2, 0.25) is 17.7 Å². The van der Waals surface area contributed by atoms with Gasteiger partial charge in [-0.2, -0.15) is 0 Å². The summed E-state index contributed by atoms with van der Waals surface area (Å²) in [6, 6.07) is 19.7. The number of hydrogen-bond donors (Lipinski definition) is 2. The number of rotatable bonds is 10. The summed E-state index contributed by atoms with van der Waals surface area (Å²) in [4.78, 5) is 45.1. The van der Waals surface area contributed by atoms with E-state index < -0.39 is 0 Å². The van der Waals surface area contributed by atoms with E-state index in [2.05, 4.69) is 15.6 Å². The maximum atomic E-state index is 13.1. The maximum absolute atomic E-state index is 13.1. The van der Waals surface area contributed by atoms with Gasteiger partial charge in [0.1, 0.15) is 6.54 Å². The first-order valence-corrected chi connectivity index (χ1v) is 14.4. The van der Waals surface area contributed by atoms with Crippen molar-refractivity contribution < 1.29 is 14.4 Å². The summed E-state index contributed by atoms with van der Waals surface area (Å²) in [5.74, 6) is -0.202. The molecular formula is C30H34N4O3S. The van der Waals surface area contributed by atoms with Crippen molar-refractivity contribution in [2.45, 2.75) is 63.5 Å². The average Bonchev–Trinajstić information content (AvgIpc) is 3.71. The summed E-state index contributed by atoms with van der Waals surface area (Å²) in [5, 5.41) is 8.21. The fraction of sp³-hybridized carbons (Fsp3) is 0.400. The second kappa shape index (κ2) is 12.3. The molecule has 198 valence electrons. The Morgan fingerprint density at radius 3 is 2.11 bits per heavy atom. The minimum atomic E-state index is -0.266. The Kier molecular flexibility index (Phi) is 8.48. The third-order valence-corrected chi connectivity index (χ3v) is 8.06. The number of aromatic nitrogens is 1. The molecule has 0 bridgehead atoms. The Bertz CT molecular complexity index is 1200. The number of anilines is 1. The third kappa shape index (κ3) is 6.86. The van der Waals surface area contributed by atoms with Crippen LogP contribution in [0.25, 0.3) is 0 Å². The van der Waals surface area contributed by atoms with Crippen molar-refractivity contribution in [2.24, 2.45) is 5.92 Å². The number of thiazole rings is 1. The van der Waals surface area contributed by atoms with E-state index in [0.717, 1.165) is 49.7 Å². The normalized spacial score (nSPS) is 15.7. The lowest BCUT2D eigenvalue weighted by molar-refractivity contribution is -0.139. The first-order chi connectivity index (χ1) is 18.6. The van der Waals surface area contributed by atoms with Gasteiger partial charge in [0.05, 0.1) is 18.2 Å². The van der Waals surface area contributed by atoms with Gasteiger partial charge < -0.3 is 15.5 Å². The molecule has 0 unspecified atom stereocenters. The topological polar surface area (TPSA) is 91.4 Å². The molecule has 0 atom stereocenters. The van der Waals surface area contributed by atoms with Crippen LogP contribution in [0.15, 0.2) is 66.0 Å². The van der Waals surface area contributed by atoms with E-state index in [-0.39, 0.29) is 48.7 Å². The molecule has 7 nitrogen and oxygen atoms in total. The fourth-order valence-electron chi connectivity index (χ4n) is 5.14. The van der Waals surface area contributed by atoms with Gasteiger partial charge in [0.15, 0.2) is 5.13 Å². The molecule has 3 aromatic rings. The van der Waals surface area contributed by atoms with Crippen LogP contribution >= 0.6 is 11.3 Å². The summed E-state index contributed by atoms with van der Waals surface area (Å²) in [6.07, 6.45) is 7.27. The molecule has 5 rings (SSSR count). The van der Waals surface area contributed by atoms with Crippen molar-refractivity contribution in [3.8, 4) is 0 Å². The Labute approximate surface area is 227 Å². The van der Waals surface area contributed by atoms with E-state index in [0.29, 0.717) is 10.8 Å². The molecule has 2 aliphatic rings. The number of carbonyl (C=O) groups excluding carboxylic acids is 3. The minimum Gasteiger partial charge on any atom is -0.345 e. The molecule has 3 amide bonds. The molecule has 0 radical (unpaired) electrons. The van der Waals surface area contributed by atoms with Gasteiger partial charge in [-0.05, 0) is 36.8 Å². The quantitative estimate of drug-likeness (QED) is 0.382. The van der Waals surface area contributed by atoms with Gasteiger partial charge in [-0.25, -0.2) is 4.98 Å². The van der Waals surface area contributed by atoms with Crippen LogP contribution in [0.3, 0.4) is 0 Å². The zero-order valence-corrected chi connectivity index (χ0v) is 22.3. The highest BCUT2D eigenvalue weighted by atomic mass is 32.1. The Morgan fingerprint density at radius 1 is 0.868 bits per heavy atom. The van der Waals surface area contributed by atoms with Crippen molar-refractivity contribution in [3.05, 3.63) is 82.9 Å². The lowest BCUT2D eigenvalue weighted by atomic mass is 9.88. The van der Waals surface area contributed by atoms with Crippen molar-refractivity contribution in [1.82, 2.24) is 15.2 Å². The van der Waals surface area contributed by atoms with Crippen LogP contribution in [0.1, 0.15) is 67.8 Å². The highest BCUT2D eigenvalue weighted by Gasteiger charge is 2.37. The van der Waals surface area contributed by atoms with Gasteiger partial charge in [0.25, 0.3) is 0 Å². The van der Waals surface area contributed by atoms with E-state index in [9.17, 15) is 14.4 Å². The van der Waals surface area contributed by atoms with Crippen LogP contribution in [-0.4, -0.2) is 40.2 Å². The molecule has 38 heavy (non-hydrogen) atoms. The average molecular weight is 531 g/mol. The molecule has 1 heterocycles. The molecule has 0 spiro atoms. The van der Waals surface area contributed by atoms with Crippen molar-refractivity contribution in [2.75, 3.05) is 11.9 Å². The predicted molar refractivity (Wildman–Crippen MR) is 149 cm³/mol. The number of hydrogen-bond acceptors (Lipinski definition) is 5. The first kappa shape index (κ1) is 26.1. The van der Waals surface area contributed by atoms with E-state index in [1.807, 2.05) is 60.7 Å². The zero-order valence-electron chi connectivity index (χ0n) is 21.5. The maximum Gasteiger partial charge on any atom is 0.245 e. The summed E-state index contributed by atoms with van der Waals surface area (Å²) in [5.41, 5.74) is 2.60. The summed E-state index contributed by atoms with van der Waals surface area (Å²) >= 11 is 1.29. The largest absolute Gasteiger partial charge is 0.345 e. The van der Waals surface area contributed by atoms with Gasteiger partial charge in [-0.3, -0.25) is 14.4 Å². The van der Waals surface area contributed by atoms with Crippen LogP contribution in [0.4, 0.5) is 5.13 Å². The zero-order chi connectivity index (χ0) is 26.3. The van der Waals surface area contributed by atoms with Crippen LogP contribution in [0, 0.1) is 5.92 Å². The van der Waals surface area contributed by atoms with E-state index in [1.54, 1.807) is 10.3 Å². The van der Waals surface area contributed by atoms with E-state index in [4.69, 9.17) is 0 Å². The van der Waals surface area contributed by atoms with Crippen LogP contribution in [0.2, 0.25) is 0 Å². The second-order valence-corrected chi connectivity index (χ2v) is 11.1. The monoisotopic (exact) mass is 530 g/mol. The highest BCUT2D eigenvalue weighted by Crippen LogP contribution is 2.32. The smallest absolute Gasteiger partial charge is 0.245 e. The summed E-state index contributed by atoms with van der Waals surface area (Å²) in [7, 11) is 0. The van der Waals surface area contributed by atoms with Crippen LogP contribution in [-0.2, 0) is 20.8 Å². The fourth-order valence-corrected chi connectivity index (χ4v) is 5.87. The lowest BCUT2D eigenvalue weighted by Crippen LogP contribution is -2.43. The van der Waals surface area contributed by atoms with Crippen molar-refractivity contribution in [3.63, 3.8) is 0 Å². The van der Waals surface area contributed by atoms with Gasteiger partial charge in [-0.1, -0.05) is 79.9 Å². The first-order valence-electron chi connectivity index (χ1n) is 13.5. The molecule has 0 saturated heterocycles. The van der Waals surface area contributed by atoms with Gasteiger partial charge in [0, 0.05) is 17.3 Å². The van der Waals surface area contributed by atoms with Crippen LogP contribution < -0.4 is 10.6 Å². The molecule has 2 aromatic carbocycles. The van der Waals surface area contributed by atoms with Gasteiger partial charge in [-0.15, -0.1) is 11.3 Å². The Morgan fingerprint density at radius 2 is 1.50 bits per heavy atom. The lowest BCUT2D eigenvalue weighted by Gasteiger charge is -2.28. The second-order valence-electron chi connectivity index (χ2n) is 10.2. The van der Waals surface area contributed by atoms with E-state index in [1.165, 1.54) is 17.8 Å². The Balaban J connectivity index is 1.17.